The molecule has 1 aromatic rings. The van der Waals surface area contributed by atoms with Crippen LogP contribution in [0.25, 0.3) is 0 Å². The van der Waals surface area contributed by atoms with E-state index in [4.69, 9.17) is 4.74 Å². The molecule has 1 aromatic carbocycles. The second-order valence-corrected chi connectivity index (χ2v) is 6.09. The summed E-state index contributed by atoms with van der Waals surface area (Å²) in [5.41, 5.74) is 1.40. The van der Waals surface area contributed by atoms with Crippen LogP contribution in [0.15, 0.2) is 24.3 Å². The van der Waals surface area contributed by atoms with E-state index in [9.17, 15) is 4.79 Å². The third kappa shape index (κ3) is 3.40. The lowest BCUT2D eigenvalue weighted by molar-refractivity contribution is 0.0577. The van der Waals surface area contributed by atoms with E-state index >= 15 is 0 Å². The summed E-state index contributed by atoms with van der Waals surface area (Å²) in [5.74, 6) is 0.375. The van der Waals surface area contributed by atoms with E-state index in [1.54, 1.807) is 4.90 Å². The number of hydrogen-bond donors (Lipinski definition) is 1. The molecule has 0 spiro atoms. The number of nitrogens with one attached hydrogen (secondary N) is 1. The van der Waals surface area contributed by atoms with Gasteiger partial charge >= 0.3 is 6.09 Å². The van der Waals surface area contributed by atoms with E-state index in [0.717, 1.165) is 17.9 Å². The number of fused-ring (bicyclic) bond motifs is 1. The second-order valence-electron chi connectivity index (χ2n) is 6.09. The van der Waals surface area contributed by atoms with Gasteiger partial charge in [0.05, 0.1) is 11.4 Å². The van der Waals surface area contributed by atoms with Gasteiger partial charge in [-0.3, -0.25) is 4.90 Å². The molecule has 1 aliphatic heterocycles. The smallest absolute Gasteiger partial charge is 0.414 e. The van der Waals surface area contributed by atoms with Crippen molar-refractivity contribution in [3.63, 3.8) is 0 Å². The normalized spacial score (nSPS) is 19.2. The fourth-order valence-electron chi connectivity index (χ4n) is 2.11. The van der Waals surface area contributed by atoms with E-state index in [2.05, 4.69) is 12.2 Å². The Morgan fingerprint density at radius 1 is 1.37 bits per heavy atom. The first kappa shape index (κ1) is 13.7. The molecule has 0 aliphatic carbocycles. The molecule has 1 heterocycles. The van der Waals surface area contributed by atoms with Crippen LogP contribution in [0.2, 0.25) is 0 Å². The first-order valence-corrected chi connectivity index (χ1v) is 6.70. The Morgan fingerprint density at radius 2 is 2.05 bits per heavy atom. The molecule has 0 radical (unpaired) electrons. The minimum absolute atomic E-state index is 0.282. The summed E-state index contributed by atoms with van der Waals surface area (Å²) in [6, 6.07) is 7.85. The van der Waals surface area contributed by atoms with Crippen molar-refractivity contribution >= 4 is 17.5 Å². The number of ether oxygens (including phenoxy) is 1. The number of anilines is 2. The van der Waals surface area contributed by atoms with Crippen molar-refractivity contribution < 1.29 is 9.53 Å². The zero-order valence-corrected chi connectivity index (χ0v) is 12.1. The molecule has 1 N–H and O–H groups in total. The molecular weight excluding hydrogens is 240 g/mol. The fourth-order valence-corrected chi connectivity index (χ4v) is 2.11. The molecule has 19 heavy (non-hydrogen) atoms. The van der Waals surface area contributed by atoms with Crippen molar-refractivity contribution in [3.8, 4) is 0 Å². The minimum Gasteiger partial charge on any atom is -0.443 e. The van der Waals surface area contributed by atoms with Gasteiger partial charge in [-0.05, 0) is 38.8 Å². The van der Waals surface area contributed by atoms with E-state index in [1.807, 2.05) is 45.0 Å². The summed E-state index contributed by atoms with van der Waals surface area (Å²) in [7, 11) is 0. The minimum atomic E-state index is -0.477. The number of carbonyl (C=O) groups excluding carboxylic acids is 1. The van der Waals surface area contributed by atoms with Gasteiger partial charge in [0.2, 0.25) is 0 Å². The molecule has 1 atom stereocenters. The lowest BCUT2D eigenvalue weighted by atomic mass is 10.2. The van der Waals surface area contributed by atoms with E-state index < -0.39 is 5.60 Å². The number of amides is 1. The van der Waals surface area contributed by atoms with Gasteiger partial charge in [0, 0.05) is 13.1 Å². The highest BCUT2D eigenvalue weighted by Gasteiger charge is 2.28. The van der Waals surface area contributed by atoms with Gasteiger partial charge in [-0.1, -0.05) is 19.1 Å². The molecule has 0 saturated carbocycles. The van der Waals surface area contributed by atoms with Crippen molar-refractivity contribution in [2.24, 2.45) is 5.92 Å². The van der Waals surface area contributed by atoms with Crippen LogP contribution < -0.4 is 10.2 Å². The average molecular weight is 262 g/mol. The molecule has 0 bridgehead atoms. The maximum absolute atomic E-state index is 12.4. The number of nitrogens with zero attached hydrogens (tertiary/aromatic N) is 1. The van der Waals surface area contributed by atoms with Crippen LogP contribution in [0, 0.1) is 5.92 Å². The van der Waals surface area contributed by atoms with Crippen molar-refractivity contribution in [3.05, 3.63) is 24.3 Å². The number of para-hydroxylation sites is 2. The van der Waals surface area contributed by atoms with E-state index in [0.29, 0.717) is 12.5 Å². The predicted octanol–water partition coefficient (Wildman–Crippen LogP) is 3.49. The van der Waals surface area contributed by atoms with Crippen molar-refractivity contribution in [2.75, 3.05) is 23.3 Å². The Labute approximate surface area is 114 Å². The van der Waals surface area contributed by atoms with Gasteiger partial charge in [0.1, 0.15) is 5.60 Å². The lowest BCUT2D eigenvalue weighted by Crippen LogP contribution is -2.39. The van der Waals surface area contributed by atoms with Crippen molar-refractivity contribution in [2.45, 2.75) is 33.3 Å². The monoisotopic (exact) mass is 262 g/mol. The quantitative estimate of drug-likeness (QED) is 0.778. The first-order valence-electron chi connectivity index (χ1n) is 6.70. The molecule has 4 heteroatoms. The molecule has 1 aliphatic rings. The Hall–Kier alpha value is -1.71. The van der Waals surface area contributed by atoms with Crippen molar-refractivity contribution in [1.29, 1.82) is 0 Å². The summed E-state index contributed by atoms with van der Waals surface area (Å²) in [6.07, 6.45) is -0.282. The van der Waals surface area contributed by atoms with Gasteiger partial charge < -0.3 is 10.1 Å². The van der Waals surface area contributed by atoms with E-state index in [1.165, 1.54) is 0 Å². The molecule has 0 fully saturated rings. The number of carbonyl (C=O) groups is 1. The van der Waals surface area contributed by atoms with Crippen LogP contribution >= 0.6 is 0 Å². The van der Waals surface area contributed by atoms with Gasteiger partial charge in [0.25, 0.3) is 0 Å². The molecule has 2 rings (SSSR count). The Bertz CT molecular complexity index is 465. The molecule has 104 valence electrons. The number of rotatable bonds is 0. The third-order valence-corrected chi connectivity index (χ3v) is 2.94. The van der Waals surface area contributed by atoms with Crippen LogP contribution in [0.3, 0.4) is 0 Å². The number of benzene rings is 1. The Kier molecular flexibility index (Phi) is 3.69. The fraction of sp³-hybridized carbons (Fsp3) is 0.533. The largest absolute Gasteiger partial charge is 0.443 e. The Balaban J connectivity index is 2.29. The van der Waals surface area contributed by atoms with Gasteiger partial charge in [-0.25, -0.2) is 4.79 Å². The molecule has 4 nitrogen and oxygen atoms in total. The van der Waals surface area contributed by atoms with Gasteiger partial charge in [-0.15, -0.1) is 0 Å². The zero-order valence-electron chi connectivity index (χ0n) is 12.1. The van der Waals surface area contributed by atoms with E-state index in [-0.39, 0.29) is 6.09 Å². The summed E-state index contributed by atoms with van der Waals surface area (Å²) >= 11 is 0. The van der Waals surface area contributed by atoms with Gasteiger partial charge in [0.15, 0.2) is 0 Å². The highest BCUT2D eigenvalue weighted by atomic mass is 16.6. The molecule has 0 aromatic heterocycles. The zero-order chi connectivity index (χ0) is 14.0. The topological polar surface area (TPSA) is 41.6 Å². The first-order chi connectivity index (χ1) is 8.87. The van der Waals surface area contributed by atoms with Crippen LogP contribution in [-0.2, 0) is 4.74 Å². The maximum atomic E-state index is 12.4. The highest BCUT2D eigenvalue weighted by Crippen LogP contribution is 2.30. The number of hydrogen-bond acceptors (Lipinski definition) is 3. The third-order valence-electron chi connectivity index (χ3n) is 2.94. The van der Waals surface area contributed by atoms with Crippen LogP contribution in [-0.4, -0.2) is 24.8 Å². The molecule has 0 unspecified atom stereocenters. The standard InChI is InChI=1S/C15H22N2O2/c1-11-9-16-12-7-5-6-8-13(12)17(10-11)14(18)19-15(2,3)4/h5-8,11,16H,9-10H2,1-4H3/t11-/m1/s1. The lowest BCUT2D eigenvalue weighted by Gasteiger charge is -2.28. The summed E-state index contributed by atoms with van der Waals surface area (Å²) in [4.78, 5) is 14.1. The summed E-state index contributed by atoms with van der Waals surface area (Å²) in [5, 5.41) is 3.37. The second kappa shape index (κ2) is 5.11. The highest BCUT2D eigenvalue weighted by molar-refractivity contribution is 5.92. The van der Waals surface area contributed by atoms with Crippen LogP contribution in [0.1, 0.15) is 27.7 Å². The summed E-state index contributed by atoms with van der Waals surface area (Å²) in [6.45, 7) is 9.30. The maximum Gasteiger partial charge on any atom is 0.414 e. The molecular formula is C15H22N2O2. The summed E-state index contributed by atoms with van der Waals surface area (Å²) < 4.78 is 5.50. The Morgan fingerprint density at radius 3 is 2.74 bits per heavy atom. The predicted molar refractivity (Wildman–Crippen MR) is 77.7 cm³/mol. The van der Waals surface area contributed by atoms with Crippen LogP contribution in [0.5, 0.6) is 0 Å². The van der Waals surface area contributed by atoms with Crippen LogP contribution in [0.4, 0.5) is 16.2 Å². The average Bonchev–Trinajstić information content (AvgIpc) is 2.47. The van der Waals surface area contributed by atoms with Gasteiger partial charge in [-0.2, -0.15) is 0 Å². The SMILES string of the molecule is C[C@@H]1CNc2ccccc2N(C(=O)OC(C)(C)C)C1. The molecule has 1 amide bonds. The molecule has 0 saturated heterocycles. The van der Waals surface area contributed by atoms with Crippen molar-refractivity contribution in [1.82, 2.24) is 0 Å².